The molecule has 1 atom stereocenters. The number of carbonyl (C=O) groups is 1. The minimum atomic E-state index is -4.55. The van der Waals surface area contributed by atoms with Crippen LogP contribution >= 0.6 is 11.6 Å². The van der Waals surface area contributed by atoms with Crippen LogP contribution in [0.2, 0.25) is 5.02 Å². The molecule has 4 heterocycles. The minimum Gasteiger partial charge on any atom is -0.487 e. The average molecular weight is 693 g/mol. The fourth-order valence-corrected chi connectivity index (χ4v) is 5.59. The third-order valence-electron chi connectivity index (χ3n) is 7.35. The number of aromatic nitrogens is 8. The van der Waals surface area contributed by atoms with Gasteiger partial charge < -0.3 is 19.5 Å². The molecule has 3 aromatic heterocycles. The van der Waals surface area contributed by atoms with E-state index in [4.69, 9.17) is 25.8 Å². The van der Waals surface area contributed by atoms with Gasteiger partial charge in [0.05, 0.1) is 23.8 Å². The normalized spacial score (nSPS) is 15.2. The van der Waals surface area contributed by atoms with Crippen molar-refractivity contribution in [1.82, 2.24) is 44.9 Å². The lowest BCUT2D eigenvalue weighted by atomic mass is 10.0. The number of carbonyl (C=O) groups excluding carboxylic acids is 1. The summed E-state index contributed by atoms with van der Waals surface area (Å²) in [6, 6.07) is 5.18. The van der Waals surface area contributed by atoms with Gasteiger partial charge in [-0.05, 0) is 61.7 Å². The molecule has 4 aromatic rings. The molecule has 1 aliphatic heterocycles. The topological polar surface area (TPSA) is 147 Å². The van der Waals surface area contributed by atoms with Crippen LogP contribution in [0.4, 0.5) is 24.8 Å². The zero-order valence-electron chi connectivity index (χ0n) is 26.8. The molecule has 0 aliphatic carbocycles. The third-order valence-corrected chi connectivity index (χ3v) is 7.67. The van der Waals surface area contributed by atoms with Crippen molar-refractivity contribution in [2.75, 3.05) is 31.6 Å². The SMILES string of the molecule is CC(=O)OC(C)(C)CN1CCC(n2cc(Nc3ncc(-c4ccc(Cl)c(O[C@@H](C)Cn5cnnn5)c4)cn3)c(OCC(F)(F)F)n2)CC1. The van der Waals surface area contributed by atoms with Gasteiger partial charge in [-0.1, -0.05) is 17.7 Å². The van der Waals surface area contributed by atoms with Crippen LogP contribution in [-0.2, 0) is 16.1 Å². The van der Waals surface area contributed by atoms with E-state index in [2.05, 4.69) is 40.8 Å². The molecule has 1 fully saturated rings. The number of piperidine rings is 1. The Bertz CT molecular complexity index is 1660. The van der Waals surface area contributed by atoms with Crippen LogP contribution in [0, 0.1) is 0 Å². The Morgan fingerprint density at radius 2 is 1.88 bits per heavy atom. The predicted octanol–water partition coefficient (Wildman–Crippen LogP) is 5.11. The zero-order chi connectivity index (χ0) is 34.5. The highest BCUT2D eigenvalue weighted by Gasteiger charge is 2.32. The number of likely N-dealkylation sites (tertiary alicyclic amines) is 1. The lowest BCUT2D eigenvalue weighted by Gasteiger charge is -2.36. The molecule has 14 nitrogen and oxygen atoms in total. The summed E-state index contributed by atoms with van der Waals surface area (Å²) in [4.78, 5) is 22.4. The number of rotatable bonds is 13. The summed E-state index contributed by atoms with van der Waals surface area (Å²) in [5.41, 5.74) is 0.946. The van der Waals surface area contributed by atoms with Crippen LogP contribution in [-0.4, -0.2) is 94.9 Å². The highest BCUT2D eigenvalue weighted by Crippen LogP contribution is 2.34. The summed E-state index contributed by atoms with van der Waals surface area (Å²) in [6.45, 7) is 7.81. The van der Waals surface area contributed by atoms with Gasteiger partial charge in [0.2, 0.25) is 5.95 Å². The van der Waals surface area contributed by atoms with Gasteiger partial charge in [0.25, 0.3) is 5.88 Å². The summed E-state index contributed by atoms with van der Waals surface area (Å²) in [5.74, 6) is 0.0335. The van der Waals surface area contributed by atoms with E-state index in [9.17, 15) is 18.0 Å². The lowest BCUT2D eigenvalue weighted by Crippen LogP contribution is -2.45. The van der Waals surface area contributed by atoms with Gasteiger partial charge in [-0.15, -0.1) is 10.2 Å². The first-order valence-corrected chi connectivity index (χ1v) is 15.6. The van der Waals surface area contributed by atoms with Crippen molar-refractivity contribution in [2.24, 2.45) is 0 Å². The number of alkyl halides is 3. The monoisotopic (exact) mass is 692 g/mol. The zero-order valence-corrected chi connectivity index (χ0v) is 27.6. The molecule has 5 rings (SSSR count). The Morgan fingerprint density at radius 1 is 1.15 bits per heavy atom. The highest BCUT2D eigenvalue weighted by atomic mass is 35.5. The fourth-order valence-electron chi connectivity index (χ4n) is 5.42. The van der Waals surface area contributed by atoms with Crippen LogP contribution in [0.1, 0.15) is 46.6 Å². The molecule has 48 heavy (non-hydrogen) atoms. The predicted molar refractivity (Wildman–Crippen MR) is 168 cm³/mol. The van der Waals surface area contributed by atoms with E-state index in [1.54, 1.807) is 46.2 Å². The summed E-state index contributed by atoms with van der Waals surface area (Å²) >= 11 is 6.38. The van der Waals surface area contributed by atoms with Crippen LogP contribution in [0.5, 0.6) is 11.6 Å². The van der Waals surface area contributed by atoms with Gasteiger partial charge >= 0.3 is 12.1 Å². The summed E-state index contributed by atoms with van der Waals surface area (Å²) in [5, 5.41) is 18.8. The minimum absolute atomic E-state index is 0.0814. The number of esters is 1. The maximum atomic E-state index is 13.1. The molecule has 1 saturated heterocycles. The second-order valence-corrected chi connectivity index (χ2v) is 12.5. The Labute approximate surface area is 279 Å². The van der Waals surface area contributed by atoms with E-state index in [0.29, 0.717) is 55.4 Å². The average Bonchev–Trinajstić information content (AvgIpc) is 3.67. The van der Waals surface area contributed by atoms with E-state index in [1.165, 1.54) is 13.3 Å². The van der Waals surface area contributed by atoms with Crippen LogP contribution < -0.4 is 14.8 Å². The van der Waals surface area contributed by atoms with Gasteiger partial charge in [0, 0.05) is 44.5 Å². The second-order valence-electron chi connectivity index (χ2n) is 12.1. The molecule has 1 N–H and O–H groups in total. The van der Waals surface area contributed by atoms with Crippen molar-refractivity contribution in [3.05, 3.63) is 48.1 Å². The first-order chi connectivity index (χ1) is 22.7. The molecule has 258 valence electrons. The number of hydrogen-bond acceptors (Lipinski definition) is 12. The number of ether oxygens (including phenoxy) is 3. The van der Waals surface area contributed by atoms with Crippen molar-refractivity contribution < 1.29 is 32.2 Å². The van der Waals surface area contributed by atoms with Crippen molar-refractivity contribution in [3.8, 4) is 22.8 Å². The molecule has 0 unspecified atom stereocenters. The standard InChI is InChI=1S/C30H36ClF3N10O4/c1-19(14-43-18-37-40-41-43)47-26-11-21(5-6-24(26)31)22-12-35-28(36-13-22)38-25-15-44(39-27(25)46-17-30(32,33)34)23-7-9-42(10-8-23)16-29(3,4)48-20(2)45/h5-6,11-13,15,18-19,23H,7-10,14,16-17H2,1-4H3,(H,35,36,38)/t19-/m0/s1. The Hall–Kier alpha value is -4.51. The van der Waals surface area contributed by atoms with Gasteiger partial charge in [-0.3, -0.25) is 14.4 Å². The molecule has 0 radical (unpaired) electrons. The number of hydrogen-bond donors (Lipinski definition) is 1. The molecular weight excluding hydrogens is 657 g/mol. The van der Waals surface area contributed by atoms with Crippen molar-refractivity contribution in [1.29, 1.82) is 0 Å². The van der Waals surface area contributed by atoms with E-state index in [-0.39, 0.29) is 35.6 Å². The van der Waals surface area contributed by atoms with Crippen LogP contribution in [0.3, 0.4) is 0 Å². The number of benzene rings is 1. The molecule has 0 spiro atoms. The Kier molecular flexibility index (Phi) is 10.7. The molecule has 0 bridgehead atoms. The first-order valence-electron chi connectivity index (χ1n) is 15.2. The van der Waals surface area contributed by atoms with Crippen molar-refractivity contribution >= 4 is 29.2 Å². The van der Waals surface area contributed by atoms with Crippen molar-refractivity contribution in [2.45, 2.75) is 71.0 Å². The van der Waals surface area contributed by atoms with Gasteiger partial charge in [0.15, 0.2) is 6.61 Å². The Balaban J connectivity index is 1.26. The van der Waals surface area contributed by atoms with Gasteiger partial charge in [-0.25, -0.2) is 14.6 Å². The van der Waals surface area contributed by atoms with E-state index in [0.717, 1.165) is 5.56 Å². The van der Waals surface area contributed by atoms with Gasteiger partial charge in [-0.2, -0.15) is 13.2 Å². The largest absolute Gasteiger partial charge is 0.487 e. The lowest BCUT2D eigenvalue weighted by molar-refractivity contribution is -0.156. The number of nitrogens with zero attached hydrogens (tertiary/aromatic N) is 9. The molecule has 1 aliphatic rings. The smallest absolute Gasteiger partial charge is 0.422 e. The number of halogens is 4. The highest BCUT2D eigenvalue weighted by molar-refractivity contribution is 6.32. The number of anilines is 2. The summed E-state index contributed by atoms with van der Waals surface area (Å²) < 4.78 is 58.9. The number of nitrogens with one attached hydrogen (secondary N) is 1. The first kappa shape index (κ1) is 34.8. The maximum absolute atomic E-state index is 13.1. The molecule has 1 aromatic carbocycles. The van der Waals surface area contributed by atoms with Gasteiger partial charge in [0.1, 0.15) is 29.5 Å². The van der Waals surface area contributed by atoms with Crippen LogP contribution in [0.25, 0.3) is 11.1 Å². The quantitative estimate of drug-likeness (QED) is 0.186. The second kappa shape index (κ2) is 14.7. The molecule has 0 saturated carbocycles. The molecule has 0 amide bonds. The molecular formula is C30H36ClF3N10O4. The van der Waals surface area contributed by atoms with Crippen LogP contribution in [0.15, 0.2) is 43.1 Å². The fraction of sp³-hybridized carbons (Fsp3) is 0.500. The Morgan fingerprint density at radius 3 is 2.52 bits per heavy atom. The van der Waals surface area contributed by atoms with E-state index < -0.39 is 18.4 Å². The van der Waals surface area contributed by atoms with Crippen molar-refractivity contribution in [3.63, 3.8) is 0 Å². The summed E-state index contributed by atoms with van der Waals surface area (Å²) in [6.07, 6.45) is 2.76. The maximum Gasteiger partial charge on any atom is 0.422 e. The number of tetrazole rings is 1. The van der Waals surface area contributed by atoms with E-state index >= 15 is 0 Å². The molecule has 18 heteroatoms. The third kappa shape index (κ3) is 9.76. The summed E-state index contributed by atoms with van der Waals surface area (Å²) in [7, 11) is 0. The van der Waals surface area contributed by atoms with E-state index in [1.807, 2.05) is 20.8 Å².